The summed E-state index contributed by atoms with van der Waals surface area (Å²) in [5.41, 5.74) is 3.58. The summed E-state index contributed by atoms with van der Waals surface area (Å²) < 4.78 is 21.5. The molecule has 2 aromatic heterocycles. The van der Waals surface area contributed by atoms with Crippen LogP contribution >= 0.6 is 0 Å². The Bertz CT molecular complexity index is 1180. The maximum atomic E-state index is 14.0. The fourth-order valence-corrected chi connectivity index (χ4v) is 4.31. The maximum Gasteiger partial charge on any atom is 0.158 e. The van der Waals surface area contributed by atoms with E-state index in [1.165, 1.54) is 6.07 Å². The molecular weight excluding hydrogens is 367 g/mol. The van der Waals surface area contributed by atoms with E-state index in [0.717, 1.165) is 46.5 Å². The number of para-hydroxylation sites is 1. The highest BCUT2D eigenvalue weighted by Crippen LogP contribution is 2.36. The predicted octanol–water partition coefficient (Wildman–Crippen LogP) is 4.49. The molecule has 0 bridgehead atoms. The zero-order valence-electron chi connectivity index (χ0n) is 16.4. The van der Waals surface area contributed by atoms with E-state index in [-0.39, 0.29) is 11.2 Å². The lowest BCUT2D eigenvalue weighted by Crippen LogP contribution is -2.40. The molecular formula is C23H23FN4O. The molecule has 0 amide bonds. The summed E-state index contributed by atoms with van der Waals surface area (Å²) in [7, 11) is 0. The maximum absolute atomic E-state index is 14.0. The van der Waals surface area contributed by atoms with E-state index in [0.29, 0.717) is 19.8 Å². The molecule has 1 N–H and O–H groups in total. The Morgan fingerprint density at radius 1 is 1.10 bits per heavy atom. The summed E-state index contributed by atoms with van der Waals surface area (Å²) >= 11 is 0. The van der Waals surface area contributed by atoms with Crippen molar-refractivity contribution in [3.8, 4) is 0 Å². The molecule has 4 aromatic rings. The van der Waals surface area contributed by atoms with Crippen molar-refractivity contribution in [3.05, 3.63) is 71.7 Å². The van der Waals surface area contributed by atoms with Gasteiger partial charge in [0.05, 0.1) is 11.2 Å². The molecule has 0 spiro atoms. The van der Waals surface area contributed by atoms with Crippen LogP contribution in [0.1, 0.15) is 24.1 Å². The average Bonchev–Trinajstić information content (AvgIpc) is 3.13. The van der Waals surface area contributed by atoms with Crippen LogP contribution in [0, 0.1) is 12.7 Å². The molecule has 1 fully saturated rings. The standard InChI is InChI=1S/C23H23FN4O/c1-16-13-21-26-22(19-7-2-3-8-20(19)28(21)27-16)25-15-23(9-11-29-12-10-23)17-5-4-6-18(24)14-17/h2-8,13-14H,9-12,15H2,1H3,(H,25,26). The third-order valence-corrected chi connectivity index (χ3v) is 5.91. The number of nitrogens with one attached hydrogen (secondary N) is 1. The van der Waals surface area contributed by atoms with Gasteiger partial charge in [-0.25, -0.2) is 13.9 Å². The molecule has 0 saturated carbocycles. The van der Waals surface area contributed by atoms with Crippen LogP contribution in [0.25, 0.3) is 16.6 Å². The van der Waals surface area contributed by atoms with Crippen molar-refractivity contribution in [2.75, 3.05) is 25.1 Å². The lowest BCUT2D eigenvalue weighted by Gasteiger charge is -2.38. The Morgan fingerprint density at radius 3 is 2.76 bits per heavy atom. The van der Waals surface area contributed by atoms with Gasteiger partial charge < -0.3 is 10.1 Å². The Labute approximate surface area is 168 Å². The quantitative estimate of drug-likeness (QED) is 0.558. The number of fused-ring (bicyclic) bond motifs is 3. The minimum Gasteiger partial charge on any atom is -0.381 e. The third-order valence-electron chi connectivity index (χ3n) is 5.91. The molecule has 29 heavy (non-hydrogen) atoms. The predicted molar refractivity (Wildman–Crippen MR) is 112 cm³/mol. The number of rotatable bonds is 4. The number of hydrogen-bond acceptors (Lipinski definition) is 4. The number of aryl methyl sites for hydroxylation is 1. The highest BCUT2D eigenvalue weighted by Gasteiger charge is 2.35. The summed E-state index contributed by atoms with van der Waals surface area (Å²) in [6, 6.07) is 17.1. The molecule has 5 rings (SSSR count). The van der Waals surface area contributed by atoms with E-state index in [9.17, 15) is 4.39 Å². The fourth-order valence-electron chi connectivity index (χ4n) is 4.31. The first kappa shape index (κ1) is 18.1. The first-order valence-electron chi connectivity index (χ1n) is 9.97. The zero-order chi connectivity index (χ0) is 19.8. The highest BCUT2D eigenvalue weighted by molar-refractivity contribution is 5.91. The second-order valence-corrected chi connectivity index (χ2v) is 7.79. The van der Waals surface area contributed by atoms with Gasteiger partial charge in [0.2, 0.25) is 0 Å². The van der Waals surface area contributed by atoms with E-state index in [1.54, 1.807) is 12.1 Å². The van der Waals surface area contributed by atoms with Gasteiger partial charge in [0.25, 0.3) is 0 Å². The van der Waals surface area contributed by atoms with E-state index >= 15 is 0 Å². The van der Waals surface area contributed by atoms with Crippen LogP contribution in [-0.2, 0) is 10.2 Å². The number of anilines is 1. The number of halogens is 1. The van der Waals surface area contributed by atoms with Crippen molar-refractivity contribution in [2.24, 2.45) is 0 Å². The van der Waals surface area contributed by atoms with Crippen LogP contribution in [0.2, 0.25) is 0 Å². The topological polar surface area (TPSA) is 51.5 Å². The van der Waals surface area contributed by atoms with Gasteiger partial charge in [0.15, 0.2) is 5.65 Å². The van der Waals surface area contributed by atoms with Crippen molar-refractivity contribution in [1.82, 2.24) is 14.6 Å². The Balaban J connectivity index is 1.55. The van der Waals surface area contributed by atoms with Crippen molar-refractivity contribution in [2.45, 2.75) is 25.2 Å². The molecule has 0 radical (unpaired) electrons. The Hall–Kier alpha value is -2.99. The number of nitrogens with zero attached hydrogens (tertiary/aromatic N) is 3. The van der Waals surface area contributed by atoms with E-state index in [2.05, 4.69) is 22.5 Å². The summed E-state index contributed by atoms with van der Waals surface area (Å²) in [6.07, 6.45) is 1.69. The second kappa shape index (κ2) is 7.12. The second-order valence-electron chi connectivity index (χ2n) is 7.79. The van der Waals surface area contributed by atoms with Gasteiger partial charge >= 0.3 is 0 Å². The monoisotopic (exact) mass is 390 g/mol. The molecule has 148 valence electrons. The van der Waals surface area contributed by atoms with Crippen LogP contribution < -0.4 is 5.32 Å². The molecule has 2 aromatic carbocycles. The van der Waals surface area contributed by atoms with Gasteiger partial charge in [-0.05, 0) is 49.6 Å². The minimum atomic E-state index is -0.201. The van der Waals surface area contributed by atoms with Crippen LogP contribution in [0.5, 0.6) is 0 Å². The average molecular weight is 390 g/mol. The molecule has 0 unspecified atom stereocenters. The molecule has 3 heterocycles. The normalized spacial score (nSPS) is 16.3. The Morgan fingerprint density at radius 2 is 1.93 bits per heavy atom. The van der Waals surface area contributed by atoms with Crippen LogP contribution in [0.4, 0.5) is 10.2 Å². The minimum absolute atomic E-state index is 0.189. The van der Waals surface area contributed by atoms with Gasteiger partial charge in [-0.3, -0.25) is 0 Å². The summed E-state index contributed by atoms with van der Waals surface area (Å²) in [5.74, 6) is 0.628. The Kier molecular flexibility index (Phi) is 4.43. The molecule has 6 heteroatoms. The van der Waals surface area contributed by atoms with Crippen LogP contribution in [-0.4, -0.2) is 34.4 Å². The number of hydrogen-bond donors (Lipinski definition) is 1. The number of ether oxygens (including phenoxy) is 1. The van der Waals surface area contributed by atoms with Crippen molar-refractivity contribution in [3.63, 3.8) is 0 Å². The molecule has 1 aliphatic rings. The molecule has 0 aliphatic carbocycles. The largest absolute Gasteiger partial charge is 0.381 e. The van der Waals surface area contributed by atoms with Crippen molar-refractivity contribution >= 4 is 22.4 Å². The lowest BCUT2D eigenvalue weighted by atomic mass is 9.74. The number of benzene rings is 2. The van der Waals surface area contributed by atoms with Crippen LogP contribution in [0.3, 0.4) is 0 Å². The number of aromatic nitrogens is 3. The first-order chi connectivity index (χ1) is 14.1. The van der Waals surface area contributed by atoms with E-state index < -0.39 is 0 Å². The molecule has 1 aliphatic heterocycles. The summed E-state index contributed by atoms with van der Waals surface area (Å²) in [4.78, 5) is 4.83. The van der Waals surface area contributed by atoms with Gasteiger partial charge in [0.1, 0.15) is 11.6 Å². The van der Waals surface area contributed by atoms with E-state index in [1.807, 2.05) is 35.7 Å². The lowest BCUT2D eigenvalue weighted by molar-refractivity contribution is 0.0543. The van der Waals surface area contributed by atoms with Gasteiger partial charge in [-0.2, -0.15) is 5.10 Å². The highest BCUT2D eigenvalue weighted by atomic mass is 19.1. The van der Waals surface area contributed by atoms with Gasteiger partial charge in [-0.1, -0.05) is 24.3 Å². The zero-order valence-corrected chi connectivity index (χ0v) is 16.4. The SMILES string of the molecule is Cc1cc2nc(NCC3(c4cccc(F)c4)CCOCC3)c3ccccc3n2n1. The smallest absolute Gasteiger partial charge is 0.158 e. The first-order valence-corrected chi connectivity index (χ1v) is 9.97. The summed E-state index contributed by atoms with van der Waals surface area (Å²) in [5, 5.41) is 9.18. The van der Waals surface area contributed by atoms with Crippen molar-refractivity contribution < 1.29 is 9.13 Å². The fraction of sp³-hybridized carbons (Fsp3) is 0.304. The van der Waals surface area contributed by atoms with Gasteiger partial charge in [-0.15, -0.1) is 0 Å². The van der Waals surface area contributed by atoms with Crippen molar-refractivity contribution in [1.29, 1.82) is 0 Å². The van der Waals surface area contributed by atoms with Gasteiger partial charge in [0, 0.05) is 36.6 Å². The molecule has 5 nitrogen and oxygen atoms in total. The third kappa shape index (κ3) is 3.23. The summed E-state index contributed by atoms with van der Waals surface area (Å²) in [6.45, 7) is 3.98. The van der Waals surface area contributed by atoms with Crippen LogP contribution in [0.15, 0.2) is 54.6 Å². The molecule has 1 saturated heterocycles. The van der Waals surface area contributed by atoms with E-state index in [4.69, 9.17) is 9.72 Å². The molecule has 0 atom stereocenters.